The van der Waals surface area contributed by atoms with Crippen LogP contribution in [0.15, 0.2) is 36.4 Å². The fourth-order valence-electron chi connectivity index (χ4n) is 4.21. The molecule has 1 aliphatic heterocycles. The summed E-state index contributed by atoms with van der Waals surface area (Å²) in [4.78, 5) is 20.4. The highest BCUT2D eigenvalue weighted by Gasteiger charge is 2.20. The van der Waals surface area contributed by atoms with E-state index in [0.717, 1.165) is 34.5 Å². The van der Waals surface area contributed by atoms with Crippen LogP contribution in [-0.4, -0.2) is 51.8 Å². The first-order valence-electron chi connectivity index (χ1n) is 10.4. The number of hydrogen-bond acceptors (Lipinski definition) is 4. The molecule has 0 unspecified atom stereocenters. The van der Waals surface area contributed by atoms with Gasteiger partial charge in [-0.2, -0.15) is 5.10 Å². The molecule has 0 radical (unpaired) electrons. The van der Waals surface area contributed by atoms with Crippen molar-refractivity contribution in [2.24, 2.45) is 13.0 Å². The molecule has 0 spiro atoms. The molecule has 1 fully saturated rings. The van der Waals surface area contributed by atoms with Crippen LogP contribution in [0.2, 0.25) is 0 Å². The Bertz CT molecular complexity index is 1010. The summed E-state index contributed by atoms with van der Waals surface area (Å²) in [7, 11) is 1.87. The minimum Gasteiger partial charge on any atom is -0.352 e. The summed E-state index contributed by atoms with van der Waals surface area (Å²) >= 11 is 0. The summed E-state index contributed by atoms with van der Waals surface area (Å²) in [5, 5.41) is 8.48. The Balaban J connectivity index is 1.60. The molecule has 1 N–H and O–H groups in total. The quantitative estimate of drug-likeness (QED) is 0.699. The second-order valence-electron chi connectivity index (χ2n) is 8.15. The second kappa shape index (κ2) is 8.33. The van der Waals surface area contributed by atoms with Crippen LogP contribution >= 0.6 is 0 Å². The third kappa shape index (κ3) is 4.17. The number of likely N-dealkylation sites (tertiary alicyclic amines) is 1. The third-order valence-corrected chi connectivity index (χ3v) is 5.66. The molecule has 1 amide bonds. The summed E-state index contributed by atoms with van der Waals surface area (Å²) in [6.45, 7) is 8.19. The van der Waals surface area contributed by atoms with Crippen LogP contribution in [-0.2, 0) is 7.05 Å². The van der Waals surface area contributed by atoms with E-state index in [1.807, 2.05) is 50.4 Å². The zero-order chi connectivity index (χ0) is 20.4. The molecular formula is C23H29N5O. The molecule has 152 valence electrons. The number of benzene rings is 1. The second-order valence-corrected chi connectivity index (χ2v) is 8.15. The highest BCUT2D eigenvalue weighted by Crippen LogP contribution is 2.26. The van der Waals surface area contributed by atoms with Crippen molar-refractivity contribution in [2.75, 3.05) is 26.2 Å². The molecule has 6 heteroatoms. The van der Waals surface area contributed by atoms with Crippen molar-refractivity contribution in [3.05, 3.63) is 47.7 Å². The van der Waals surface area contributed by atoms with Crippen molar-refractivity contribution < 1.29 is 4.79 Å². The van der Waals surface area contributed by atoms with Gasteiger partial charge in [-0.25, -0.2) is 4.98 Å². The van der Waals surface area contributed by atoms with Crippen molar-refractivity contribution in [2.45, 2.75) is 26.7 Å². The van der Waals surface area contributed by atoms with E-state index >= 15 is 0 Å². The maximum atomic E-state index is 13.2. The van der Waals surface area contributed by atoms with E-state index in [4.69, 9.17) is 4.98 Å². The summed E-state index contributed by atoms with van der Waals surface area (Å²) in [6.07, 6.45) is 2.58. The van der Waals surface area contributed by atoms with Gasteiger partial charge in [-0.1, -0.05) is 37.3 Å². The maximum Gasteiger partial charge on any atom is 0.252 e. The molecule has 0 aliphatic carbocycles. The summed E-state index contributed by atoms with van der Waals surface area (Å²) < 4.78 is 1.75. The normalized spacial score (nSPS) is 15.7. The van der Waals surface area contributed by atoms with E-state index in [2.05, 4.69) is 22.2 Å². The van der Waals surface area contributed by atoms with Gasteiger partial charge >= 0.3 is 0 Å². The molecule has 1 atom stereocenters. The number of fused-ring (bicyclic) bond motifs is 1. The lowest BCUT2D eigenvalue weighted by Gasteiger charge is -2.20. The van der Waals surface area contributed by atoms with Crippen LogP contribution in [0, 0.1) is 12.8 Å². The molecule has 0 bridgehead atoms. The molecule has 1 aliphatic rings. The molecule has 6 nitrogen and oxygen atoms in total. The maximum absolute atomic E-state index is 13.2. The van der Waals surface area contributed by atoms with Gasteiger partial charge in [0, 0.05) is 25.7 Å². The van der Waals surface area contributed by atoms with Crippen molar-refractivity contribution in [3.63, 3.8) is 0 Å². The van der Waals surface area contributed by atoms with Crippen LogP contribution in [0.1, 0.15) is 35.8 Å². The van der Waals surface area contributed by atoms with Crippen molar-refractivity contribution in [1.29, 1.82) is 0 Å². The van der Waals surface area contributed by atoms with Crippen LogP contribution in [0.3, 0.4) is 0 Å². The average molecular weight is 392 g/mol. The largest absolute Gasteiger partial charge is 0.352 e. The van der Waals surface area contributed by atoms with Crippen molar-refractivity contribution >= 4 is 16.9 Å². The zero-order valence-electron chi connectivity index (χ0n) is 17.5. The number of aryl methyl sites for hydroxylation is 2. The molecule has 2 aromatic heterocycles. The van der Waals surface area contributed by atoms with E-state index in [1.54, 1.807) is 4.68 Å². The van der Waals surface area contributed by atoms with Crippen LogP contribution in [0.25, 0.3) is 22.3 Å². The number of carbonyl (C=O) groups excluding carboxylic acids is 1. The molecule has 1 saturated heterocycles. The highest BCUT2D eigenvalue weighted by molar-refractivity contribution is 6.07. The predicted molar refractivity (Wildman–Crippen MR) is 116 cm³/mol. The van der Waals surface area contributed by atoms with Crippen LogP contribution in [0.5, 0.6) is 0 Å². The van der Waals surface area contributed by atoms with Gasteiger partial charge in [0.05, 0.1) is 22.3 Å². The fourth-order valence-corrected chi connectivity index (χ4v) is 4.21. The van der Waals surface area contributed by atoms with E-state index in [0.29, 0.717) is 18.0 Å². The van der Waals surface area contributed by atoms with Gasteiger partial charge in [-0.05, 0) is 44.8 Å². The number of amides is 1. The van der Waals surface area contributed by atoms with Gasteiger partial charge < -0.3 is 10.2 Å². The van der Waals surface area contributed by atoms with E-state index in [-0.39, 0.29) is 5.91 Å². The first-order chi connectivity index (χ1) is 14.0. The Hall–Kier alpha value is -2.73. The van der Waals surface area contributed by atoms with Crippen molar-refractivity contribution in [3.8, 4) is 11.3 Å². The smallest absolute Gasteiger partial charge is 0.252 e. The standard InChI is InChI=1S/C23H29N5O/c1-16(15-28-11-7-8-12-28)14-24-23(29)19-13-20(18-9-5-4-6-10-18)25-22-21(19)17(2)26-27(22)3/h4-6,9-10,13,16H,7-8,11-12,14-15H2,1-3H3,(H,24,29)/t16-/m0/s1. The van der Waals surface area contributed by atoms with Gasteiger partial charge in [-0.15, -0.1) is 0 Å². The van der Waals surface area contributed by atoms with E-state index in [1.165, 1.54) is 25.9 Å². The zero-order valence-corrected chi connectivity index (χ0v) is 17.5. The Morgan fingerprint density at radius 1 is 1.21 bits per heavy atom. The Morgan fingerprint density at radius 3 is 2.66 bits per heavy atom. The van der Waals surface area contributed by atoms with Crippen LogP contribution in [0.4, 0.5) is 0 Å². The molecular weight excluding hydrogens is 362 g/mol. The Labute approximate surface area is 171 Å². The summed E-state index contributed by atoms with van der Waals surface area (Å²) in [5.74, 6) is 0.358. The average Bonchev–Trinajstić information content (AvgIpc) is 3.34. The van der Waals surface area contributed by atoms with Crippen molar-refractivity contribution in [1.82, 2.24) is 25.0 Å². The number of hydrogen-bond donors (Lipinski definition) is 1. The molecule has 3 heterocycles. The minimum atomic E-state index is -0.0565. The number of carbonyl (C=O) groups is 1. The fraction of sp³-hybridized carbons (Fsp3) is 0.435. The molecule has 29 heavy (non-hydrogen) atoms. The summed E-state index contributed by atoms with van der Waals surface area (Å²) in [5.41, 5.74) is 3.98. The molecule has 0 saturated carbocycles. The first-order valence-corrected chi connectivity index (χ1v) is 10.4. The minimum absolute atomic E-state index is 0.0565. The van der Waals surface area contributed by atoms with Gasteiger partial charge in [0.2, 0.25) is 0 Å². The Kier molecular flexibility index (Phi) is 5.62. The van der Waals surface area contributed by atoms with Gasteiger partial charge in [-0.3, -0.25) is 9.48 Å². The van der Waals surface area contributed by atoms with E-state index in [9.17, 15) is 4.79 Å². The topological polar surface area (TPSA) is 63.1 Å². The lowest BCUT2D eigenvalue weighted by atomic mass is 10.0. The number of aromatic nitrogens is 3. The van der Waals surface area contributed by atoms with Gasteiger partial charge in [0.1, 0.15) is 0 Å². The Morgan fingerprint density at radius 2 is 1.93 bits per heavy atom. The van der Waals surface area contributed by atoms with Gasteiger partial charge in [0.15, 0.2) is 5.65 Å². The number of nitrogens with zero attached hydrogens (tertiary/aromatic N) is 4. The number of pyridine rings is 1. The first kappa shape index (κ1) is 19.6. The molecule has 4 rings (SSSR count). The lowest BCUT2D eigenvalue weighted by Crippen LogP contribution is -2.34. The van der Waals surface area contributed by atoms with E-state index < -0.39 is 0 Å². The summed E-state index contributed by atoms with van der Waals surface area (Å²) in [6, 6.07) is 11.9. The predicted octanol–water partition coefficient (Wildman–Crippen LogP) is 3.41. The van der Waals surface area contributed by atoms with Crippen LogP contribution < -0.4 is 5.32 Å². The molecule has 1 aromatic carbocycles. The highest BCUT2D eigenvalue weighted by atomic mass is 16.1. The van der Waals surface area contributed by atoms with Gasteiger partial charge in [0.25, 0.3) is 5.91 Å². The SMILES string of the molecule is Cc1nn(C)c2nc(-c3ccccc3)cc(C(=O)NC[C@H](C)CN3CCCC3)c12. The lowest BCUT2D eigenvalue weighted by molar-refractivity contribution is 0.0946. The monoisotopic (exact) mass is 391 g/mol. The molecule has 3 aromatic rings. The third-order valence-electron chi connectivity index (χ3n) is 5.66. The number of rotatable bonds is 6. The number of nitrogens with one attached hydrogen (secondary N) is 1.